The van der Waals surface area contributed by atoms with E-state index in [2.05, 4.69) is 31.6 Å². The van der Waals surface area contributed by atoms with Crippen LogP contribution in [0, 0.1) is 0 Å². The number of aliphatic hydroxyl groups excluding tert-OH is 2. The largest absolute Gasteiger partial charge is 0.392 e. The zero-order valence-electron chi connectivity index (χ0n) is 19.4. The van der Waals surface area contributed by atoms with E-state index in [-0.39, 0.29) is 24.1 Å². The van der Waals surface area contributed by atoms with Crippen LogP contribution in [0.15, 0.2) is 30.6 Å². The zero-order valence-corrected chi connectivity index (χ0v) is 20.2. The Morgan fingerprint density at radius 1 is 1.06 bits per heavy atom. The van der Waals surface area contributed by atoms with Gasteiger partial charge in [0.15, 0.2) is 0 Å². The predicted molar refractivity (Wildman–Crippen MR) is 130 cm³/mol. The van der Waals surface area contributed by atoms with Crippen molar-refractivity contribution in [3.63, 3.8) is 0 Å². The fourth-order valence-corrected chi connectivity index (χ4v) is 5.98. The second-order valence-corrected chi connectivity index (χ2v) is 10.2. The van der Waals surface area contributed by atoms with Crippen LogP contribution in [0.5, 0.6) is 0 Å². The minimum Gasteiger partial charge on any atom is -0.392 e. The van der Waals surface area contributed by atoms with E-state index in [0.717, 1.165) is 68.1 Å². The average Bonchev–Trinajstić information content (AvgIpc) is 3.40. The first-order valence-electron chi connectivity index (χ1n) is 12.1. The first-order valence-corrected chi connectivity index (χ1v) is 12.5. The van der Waals surface area contributed by atoms with Crippen molar-refractivity contribution in [2.75, 3.05) is 44.2 Å². The highest BCUT2D eigenvalue weighted by Crippen LogP contribution is 2.43. The summed E-state index contributed by atoms with van der Waals surface area (Å²) in [6, 6.07) is 7.50. The number of halogens is 1. The third-order valence-electron chi connectivity index (χ3n) is 7.56. The Morgan fingerprint density at radius 2 is 1.79 bits per heavy atom. The molecule has 1 aliphatic carbocycles. The molecule has 2 fully saturated rings. The van der Waals surface area contributed by atoms with Gasteiger partial charge in [-0.2, -0.15) is 0 Å². The molecule has 0 bridgehead atoms. The number of aliphatic hydroxyl groups is 2. The number of nitrogens with zero attached hydrogens (tertiary/aromatic N) is 5. The number of rotatable bonds is 6. The lowest BCUT2D eigenvalue weighted by atomic mass is 9.95. The van der Waals surface area contributed by atoms with Crippen LogP contribution >= 0.6 is 11.6 Å². The van der Waals surface area contributed by atoms with Crippen LogP contribution in [0.2, 0.25) is 5.02 Å². The molecule has 182 valence electrons. The van der Waals surface area contributed by atoms with E-state index in [1.807, 2.05) is 24.3 Å². The molecule has 0 spiro atoms. The van der Waals surface area contributed by atoms with Gasteiger partial charge >= 0.3 is 0 Å². The normalized spacial score (nSPS) is 27.5. The molecule has 2 N–H and O–H groups in total. The summed E-state index contributed by atoms with van der Waals surface area (Å²) < 4.78 is 0. The molecule has 5 atom stereocenters. The Morgan fingerprint density at radius 3 is 2.44 bits per heavy atom. The zero-order chi connectivity index (χ0) is 23.8. The topological polar surface area (TPSA) is 93.0 Å². The van der Waals surface area contributed by atoms with Gasteiger partial charge in [0.25, 0.3) is 0 Å². The van der Waals surface area contributed by atoms with E-state index in [9.17, 15) is 15.0 Å². The minimum atomic E-state index is -0.522. The van der Waals surface area contributed by atoms with E-state index < -0.39 is 6.10 Å². The number of likely N-dealkylation sites (tertiary alicyclic amines) is 1. The number of aromatic nitrogens is 2. The van der Waals surface area contributed by atoms with Crippen LogP contribution in [-0.2, 0) is 4.79 Å². The lowest BCUT2D eigenvalue weighted by Crippen LogP contribution is -2.58. The summed E-state index contributed by atoms with van der Waals surface area (Å²) in [5.74, 6) is 0.807. The SMILES string of the molecule is C[C@@H]1C[C@@H](O)c2ncnc(N3CCN(C(C(C=O)c4ccc(Cl)cc4)N4CC[C@@H](O)C4)CC3)c21. The molecular formula is C25H32ClN5O3. The number of hydrogen-bond donors (Lipinski definition) is 2. The van der Waals surface area contributed by atoms with Gasteiger partial charge in [0.1, 0.15) is 18.4 Å². The van der Waals surface area contributed by atoms with Crippen LogP contribution in [-0.4, -0.2) is 87.8 Å². The number of β-amino-alcohol motifs (C(OH)–C–C–N with tert-alkyl or cyclic N) is 1. The fraction of sp³-hybridized carbons (Fsp3) is 0.560. The molecule has 0 saturated carbocycles. The van der Waals surface area contributed by atoms with Gasteiger partial charge in [-0.25, -0.2) is 9.97 Å². The van der Waals surface area contributed by atoms with Gasteiger partial charge in [-0.05, 0) is 36.5 Å². The Labute approximate surface area is 205 Å². The van der Waals surface area contributed by atoms with Gasteiger partial charge in [-0.3, -0.25) is 9.80 Å². The van der Waals surface area contributed by atoms with Crippen LogP contribution in [0.3, 0.4) is 0 Å². The maximum atomic E-state index is 12.4. The Kier molecular flexibility index (Phi) is 6.86. The van der Waals surface area contributed by atoms with Crippen molar-refractivity contribution in [2.45, 2.75) is 50.0 Å². The lowest BCUT2D eigenvalue weighted by molar-refractivity contribution is -0.113. The summed E-state index contributed by atoms with van der Waals surface area (Å²) >= 11 is 6.09. The van der Waals surface area contributed by atoms with Crippen molar-refractivity contribution in [2.24, 2.45) is 0 Å². The molecule has 1 aromatic carbocycles. The first-order chi connectivity index (χ1) is 16.5. The van der Waals surface area contributed by atoms with Gasteiger partial charge in [0, 0.05) is 49.9 Å². The van der Waals surface area contributed by atoms with Gasteiger partial charge < -0.3 is 19.9 Å². The van der Waals surface area contributed by atoms with Crippen LogP contribution in [0.4, 0.5) is 5.82 Å². The van der Waals surface area contributed by atoms with Crippen LogP contribution in [0.1, 0.15) is 54.5 Å². The molecule has 0 radical (unpaired) electrons. The second-order valence-electron chi connectivity index (χ2n) is 9.74. The van der Waals surface area contributed by atoms with Crippen molar-refractivity contribution < 1.29 is 15.0 Å². The van der Waals surface area contributed by atoms with Crippen molar-refractivity contribution in [1.82, 2.24) is 19.8 Å². The molecule has 2 aromatic rings. The standard InChI is InChI=1S/C25H32ClN5O3/c1-16-12-21(34)23-22(16)24(28-15-27-23)29-8-10-30(11-9-29)25(31-7-6-19(33)13-31)20(14-32)17-2-4-18(26)5-3-17/h2-5,14-16,19-21,25,33-34H,6-13H2,1H3/t16-,19-,20?,21-,25?/m1/s1. The smallest absolute Gasteiger partial charge is 0.135 e. The summed E-state index contributed by atoms with van der Waals surface area (Å²) in [5, 5.41) is 21.2. The number of piperazine rings is 1. The Hall–Kier alpha value is -2.10. The Balaban J connectivity index is 1.37. The van der Waals surface area contributed by atoms with E-state index in [4.69, 9.17) is 11.6 Å². The second kappa shape index (κ2) is 9.87. The molecule has 34 heavy (non-hydrogen) atoms. The van der Waals surface area contributed by atoms with Gasteiger partial charge in [0.2, 0.25) is 0 Å². The number of fused-ring (bicyclic) bond motifs is 1. The number of benzene rings is 1. The number of aldehydes is 1. The average molecular weight is 486 g/mol. The molecule has 2 saturated heterocycles. The highest BCUT2D eigenvalue weighted by molar-refractivity contribution is 6.30. The van der Waals surface area contributed by atoms with E-state index in [1.165, 1.54) is 0 Å². The number of hydrogen-bond acceptors (Lipinski definition) is 8. The molecular weight excluding hydrogens is 454 g/mol. The summed E-state index contributed by atoms with van der Waals surface area (Å²) in [4.78, 5) is 28.2. The maximum Gasteiger partial charge on any atom is 0.135 e. The van der Waals surface area contributed by atoms with E-state index >= 15 is 0 Å². The minimum absolute atomic E-state index is 0.130. The molecule has 3 heterocycles. The highest BCUT2D eigenvalue weighted by atomic mass is 35.5. The predicted octanol–water partition coefficient (Wildman–Crippen LogP) is 2.17. The van der Waals surface area contributed by atoms with Crippen molar-refractivity contribution in [3.05, 3.63) is 52.4 Å². The molecule has 8 nitrogen and oxygen atoms in total. The number of anilines is 1. The summed E-state index contributed by atoms with van der Waals surface area (Å²) in [6.07, 6.45) is 2.97. The van der Waals surface area contributed by atoms with Crippen molar-refractivity contribution in [3.8, 4) is 0 Å². The molecule has 1 aromatic heterocycles. The highest BCUT2D eigenvalue weighted by Gasteiger charge is 2.39. The lowest BCUT2D eigenvalue weighted by Gasteiger charge is -2.45. The van der Waals surface area contributed by atoms with Crippen LogP contribution < -0.4 is 4.90 Å². The van der Waals surface area contributed by atoms with Gasteiger partial charge in [0.05, 0.1) is 30.0 Å². The summed E-state index contributed by atoms with van der Waals surface area (Å²) in [5.41, 5.74) is 2.76. The molecule has 2 aliphatic heterocycles. The third-order valence-corrected chi connectivity index (χ3v) is 7.81. The maximum absolute atomic E-state index is 12.4. The fourth-order valence-electron chi connectivity index (χ4n) is 5.85. The van der Waals surface area contributed by atoms with Crippen molar-refractivity contribution in [1.29, 1.82) is 0 Å². The molecule has 0 amide bonds. The molecule has 9 heteroatoms. The molecule has 3 aliphatic rings. The Bertz CT molecular complexity index is 1010. The first kappa shape index (κ1) is 23.6. The quantitative estimate of drug-likeness (QED) is 0.601. The molecule has 5 rings (SSSR count). The monoisotopic (exact) mass is 485 g/mol. The van der Waals surface area contributed by atoms with Gasteiger partial charge in [-0.1, -0.05) is 30.7 Å². The number of carbonyl (C=O) groups excluding carboxylic acids is 1. The summed E-state index contributed by atoms with van der Waals surface area (Å²) in [6.45, 7) is 6.52. The van der Waals surface area contributed by atoms with E-state index in [0.29, 0.717) is 18.0 Å². The molecule has 2 unspecified atom stereocenters. The van der Waals surface area contributed by atoms with E-state index in [1.54, 1.807) is 6.33 Å². The summed E-state index contributed by atoms with van der Waals surface area (Å²) in [7, 11) is 0. The van der Waals surface area contributed by atoms with Crippen molar-refractivity contribution >= 4 is 23.7 Å². The van der Waals surface area contributed by atoms with Crippen LogP contribution in [0.25, 0.3) is 0 Å². The number of carbonyl (C=O) groups is 1. The third kappa shape index (κ3) is 4.45. The van der Waals surface area contributed by atoms with Gasteiger partial charge in [-0.15, -0.1) is 0 Å².